The van der Waals surface area contributed by atoms with Crippen molar-refractivity contribution >= 4 is 79.6 Å². The Bertz CT molecular complexity index is 2210. The van der Waals surface area contributed by atoms with E-state index in [1.54, 1.807) is 0 Å². The maximum absolute atomic E-state index is 6.70. The van der Waals surface area contributed by atoms with Crippen molar-refractivity contribution in [3.8, 4) is 11.1 Å². The first-order valence-electron chi connectivity index (χ1n) is 13.1. The summed E-state index contributed by atoms with van der Waals surface area (Å²) in [5.41, 5.74) is 13.6. The molecule has 2 aromatic heterocycles. The van der Waals surface area contributed by atoms with Crippen LogP contribution in [0.2, 0.25) is 0 Å². The largest absolute Gasteiger partial charge is 0.441 e. The summed E-state index contributed by atoms with van der Waals surface area (Å²) in [5.74, 6) is 0. The lowest BCUT2D eigenvalue weighted by Crippen LogP contribution is -2.57. The van der Waals surface area contributed by atoms with Gasteiger partial charge in [-0.3, -0.25) is 0 Å². The van der Waals surface area contributed by atoms with Crippen molar-refractivity contribution in [2.75, 3.05) is 4.90 Å². The Morgan fingerprint density at radius 3 is 2.53 bits per heavy atom. The van der Waals surface area contributed by atoms with Crippen molar-refractivity contribution in [2.24, 2.45) is 0 Å². The average molecular weight is 502 g/mol. The second kappa shape index (κ2) is 6.55. The zero-order valence-corrected chi connectivity index (χ0v) is 21.3. The van der Waals surface area contributed by atoms with Crippen LogP contribution in [-0.2, 0) is 0 Å². The maximum Gasteiger partial charge on any atom is 0.336 e. The first kappa shape index (κ1) is 19.7. The van der Waals surface area contributed by atoms with E-state index in [1.807, 2.05) is 11.8 Å². The minimum Gasteiger partial charge on any atom is -0.441 e. The topological polar surface area (TPSA) is 21.3 Å². The van der Waals surface area contributed by atoms with Crippen LogP contribution in [-0.4, -0.2) is 11.3 Å². The number of nitrogens with zero attached hydrogens (tertiary/aromatic N) is 2. The Morgan fingerprint density at radius 2 is 1.55 bits per heavy atom. The molecule has 0 spiro atoms. The molecule has 0 saturated carbocycles. The van der Waals surface area contributed by atoms with Crippen molar-refractivity contribution in [1.82, 2.24) is 4.48 Å². The molecule has 3 nitrogen and oxygen atoms in total. The Labute approximate surface area is 223 Å². The number of para-hydroxylation sites is 4. The Hall–Kier alpha value is -4.35. The van der Waals surface area contributed by atoms with Gasteiger partial charge in [0.25, 0.3) is 0 Å². The highest BCUT2D eigenvalue weighted by Gasteiger charge is 2.45. The molecule has 0 atom stereocenters. The maximum atomic E-state index is 6.70. The number of hydrogen-bond acceptors (Lipinski definition) is 3. The summed E-state index contributed by atoms with van der Waals surface area (Å²) in [5, 5.41) is 3.67. The molecule has 0 aliphatic carbocycles. The molecule has 0 unspecified atom stereocenters. The number of rotatable bonds is 0. The van der Waals surface area contributed by atoms with Crippen molar-refractivity contribution in [2.45, 2.75) is 16.7 Å². The molecule has 0 saturated heterocycles. The van der Waals surface area contributed by atoms with Crippen LogP contribution in [0.4, 0.5) is 17.1 Å². The Kier molecular flexibility index (Phi) is 3.40. The van der Waals surface area contributed by atoms with Crippen LogP contribution in [0.25, 0.3) is 44.1 Å². The molecule has 5 aromatic carbocycles. The summed E-state index contributed by atoms with van der Waals surface area (Å²) in [7, 11) is 0. The summed E-state index contributed by atoms with van der Waals surface area (Å²) >= 11 is 1.88. The van der Waals surface area contributed by atoms with E-state index in [-0.39, 0.29) is 6.85 Å². The normalized spacial score (nSPS) is 14.2. The fourth-order valence-electron chi connectivity index (χ4n) is 7.23. The lowest BCUT2D eigenvalue weighted by molar-refractivity contribution is 0.651. The third kappa shape index (κ3) is 2.15. The SMILES string of the molecule is Cc1cc2c3c(c1)N1c4ccccc4Sc4cccc(c41)B3n1c3oc4ccccc4c3c3cccc-2c31. The van der Waals surface area contributed by atoms with Crippen molar-refractivity contribution in [3.05, 3.63) is 103 Å². The van der Waals surface area contributed by atoms with Crippen LogP contribution in [0.3, 0.4) is 0 Å². The van der Waals surface area contributed by atoms with Gasteiger partial charge in [-0.25, -0.2) is 0 Å². The number of hydrogen-bond donors (Lipinski definition) is 0. The molecular weight excluding hydrogens is 483 g/mol. The quantitative estimate of drug-likeness (QED) is 0.198. The van der Waals surface area contributed by atoms with Gasteiger partial charge in [-0.2, -0.15) is 0 Å². The first-order chi connectivity index (χ1) is 18.8. The fraction of sp³-hybridized carbons (Fsp3) is 0.0303. The van der Waals surface area contributed by atoms with Crippen molar-refractivity contribution in [3.63, 3.8) is 0 Å². The molecule has 7 aromatic rings. The molecule has 0 radical (unpaired) electrons. The molecule has 10 rings (SSSR count). The van der Waals surface area contributed by atoms with E-state index in [2.05, 4.69) is 113 Å². The molecule has 3 aliphatic heterocycles. The summed E-state index contributed by atoms with van der Waals surface area (Å²) in [6, 6.07) is 35.6. The van der Waals surface area contributed by atoms with E-state index in [0.717, 1.165) is 11.3 Å². The van der Waals surface area contributed by atoms with Crippen molar-refractivity contribution < 1.29 is 4.42 Å². The molecule has 176 valence electrons. The number of furan rings is 1. The highest BCUT2D eigenvalue weighted by atomic mass is 32.2. The molecule has 0 amide bonds. The minimum atomic E-state index is 0.0353. The van der Waals surface area contributed by atoms with Crippen LogP contribution >= 0.6 is 11.8 Å². The Balaban J connectivity index is 1.44. The number of aromatic nitrogens is 1. The average Bonchev–Trinajstić information content (AvgIpc) is 3.48. The van der Waals surface area contributed by atoms with Crippen LogP contribution in [0, 0.1) is 6.92 Å². The molecule has 5 heterocycles. The highest BCUT2D eigenvalue weighted by molar-refractivity contribution is 7.99. The monoisotopic (exact) mass is 502 g/mol. The van der Waals surface area contributed by atoms with Crippen LogP contribution in [0.15, 0.2) is 111 Å². The predicted molar refractivity (Wildman–Crippen MR) is 159 cm³/mol. The molecule has 3 aliphatic rings. The molecule has 38 heavy (non-hydrogen) atoms. The number of aryl methyl sites for hydroxylation is 1. The smallest absolute Gasteiger partial charge is 0.336 e. The van der Waals surface area contributed by atoms with Gasteiger partial charge in [0.05, 0.1) is 16.8 Å². The second-order valence-corrected chi connectivity index (χ2v) is 11.7. The van der Waals surface area contributed by atoms with Crippen molar-refractivity contribution in [1.29, 1.82) is 0 Å². The molecule has 5 heteroatoms. The fourth-order valence-corrected chi connectivity index (χ4v) is 8.33. The second-order valence-electron chi connectivity index (χ2n) is 10.6. The van der Waals surface area contributed by atoms with Gasteiger partial charge < -0.3 is 13.8 Å². The van der Waals surface area contributed by atoms with Gasteiger partial charge in [-0.15, -0.1) is 0 Å². The first-order valence-corrected chi connectivity index (χ1v) is 13.9. The molecule has 0 fully saturated rings. The van der Waals surface area contributed by atoms with Gasteiger partial charge in [-0.1, -0.05) is 78.5 Å². The van der Waals surface area contributed by atoms with Gasteiger partial charge in [-0.05, 0) is 59.3 Å². The highest BCUT2D eigenvalue weighted by Crippen LogP contribution is 2.54. The van der Waals surface area contributed by atoms with Gasteiger partial charge >= 0.3 is 6.85 Å². The van der Waals surface area contributed by atoms with E-state index in [4.69, 9.17) is 4.42 Å². The van der Waals surface area contributed by atoms with E-state index < -0.39 is 0 Å². The zero-order chi connectivity index (χ0) is 24.7. The molecule has 0 bridgehead atoms. The van der Waals surface area contributed by atoms with Crippen LogP contribution < -0.4 is 15.8 Å². The summed E-state index contributed by atoms with van der Waals surface area (Å²) in [6.45, 7) is 2.26. The molecular formula is C33H19BN2OS. The van der Waals surface area contributed by atoms with Gasteiger partial charge in [0.15, 0.2) is 5.71 Å². The third-order valence-corrected chi connectivity index (χ3v) is 9.70. The van der Waals surface area contributed by atoms with Crippen LogP contribution in [0.5, 0.6) is 0 Å². The number of benzene rings is 5. The lowest BCUT2D eigenvalue weighted by atomic mass is 9.45. The van der Waals surface area contributed by atoms with Gasteiger partial charge in [0, 0.05) is 37.3 Å². The van der Waals surface area contributed by atoms with Gasteiger partial charge in [0.1, 0.15) is 5.58 Å². The summed E-state index contributed by atoms with van der Waals surface area (Å²) in [6.07, 6.45) is 0. The van der Waals surface area contributed by atoms with Crippen LogP contribution in [0.1, 0.15) is 5.56 Å². The van der Waals surface area contributed by atoms with E-state index >= 15 is 0 Å². The minimum absolute atomic E-state index is 0.0353. The number of anilines is 3. The zero-order valence-electron chi connectivity index (χ0n) is 20.5. The number of fused-ring (bicyclic) bond motifs is 11. The predicted octanol–water partition coefficient (Wildman–Crippen LogP) is 7.73. The third-order valence-electron chi connectivity index (χ3n) is 8.58. The standard InChI is InChI=1S/C33H19BN2OS/c1-18-16-22-19-9-6-10-21-29-20-8-2-4-13-26(20)37-33(29)36(31(19)21)34-23-11-7-15-28-32(23)35(25(17-18)30(22)34)24-12-3-5-14-27(24)38-28/h2-17H,1H3. The lowest BCUT2D eigenvalue weighted by Gasteiger charge is -2.43. The molecule has 0 N–H and O–H groups in total. The van der Waals surface area contributed by atoms with E-state index in [0.29, 0.717) is 0 Å². The van der Waals surface area contributed by atoms with Gasteiger partial charge in [0.2, 0.25) is 0 Å². The van der Waals surface area contributed by atoms with E-state index in [1.165, 1.54) is 76.1 Å². The summed E-state index contributed by atoms with van der Waals surface area (Å²) < 4.78 is 9.20. The van der Waals surface area contributed by atoms with E-state index in [9.17, 15) is 0 Å². The summed E-state index contributed by atoms with van der Waals surface area (Å²) in [4.78, 5) is 5.12. The Morgan fingerprint density at radius 1 is 0.737 bits per heavy atom.